The number of pyridine rings is 2. The third kappa shape index (κ3) is 3.72. The van der Waals surface area contributed by atoms with Gasteiger partial charge in [0.25, 0.3) is 0 Å². The maximum atomic E-state index is 12.0. The van der Waals surface area contributed by atoms with Crippen LogP contribution in [0.3, 0.4) is 0 Å². The van der Waals surface area contributed by atoms with Gasteiger partial charge in [-0.1, -0.05) is 0 Å². The Hall–Kier alpha value is -2.33. The van der Waals surface area contributed by atoms with Crippen LogP contribution in [0.1, 0.15) is 5.69 Å². The number of nitrogens with one attached hydrogen (secondary N) is 1. The Kier molecular flexibility index (Phi) is 4.92. The fourth-order valence-electron chi connectivity index (χ4n) is 3.15. The van der Waals surface area contributed by atoms with Crippen LogP contribution in [0.5, 0.6) is 0 Å². The second-order valence-electron chi connectivity index (χ2n) is 6.40. The summed E-state index contributed by atoms with van der Waals surface area (Å²) < 4.78 is 33.9. The van der Waals surface area contributed by atoms with Gasteiger partial charge in [-0.05, 0) is 25.2 Å². The van der Waals surface area contributed by atoms with Crippen molar-refractivity contribution in [3.63, 3.8) is 0 Å². The minimum absolute atomic E-state index is 0.141. The van der Waals surface area contributed by atoms with Crippen LogP contribution in [0.15, 0.2) is 47.9 Å². The molecule has 1 N–H and O–H groups in total. The molecule has 0 atom stereocenters. The summed E-state index contributed by atoms with van der Waals surface area (Å²) in [6.45, 7) is 4.10. The van der Waals surface area contributed by atoms with Crippen molar-refractivity contribution in [3.05, 3.63) is 48.7 Å². The maximum Gasteiger partial charge on any atom is 0.241 e. The first kappa shape index (κ1) is 18.1. The summed E-state index contributed by atoms with van der Waals surface area (Å²) in [5.74, 6) is 0. The second kappa shape index (κ2) is 7.35. The highest BCUT2D eigenvalue weighted by atomic mass is 32.2. The molecule has 0 spiro atoms. The number of ether oxygens (including phenoxy) is 1. The van der Waals surface area contributed by atoms with Crippen LogP contribution in [0.25, 0.3) is 16.8 Å². The first-order chi connectivity index (χ1) is 13.1. The van der Waals surface area contributed by atoms with Crippen molar-refractivity contribution in [2.24, 2.45) is 0 Å². The monoisotopic (exact) mass is 387 g/mol. The van der Waals surface area contributed by atoms with Crippen molar-refractivity contribution in [3.8, 4) is 11.1 Å². The summed E-state index contributed by atoms with van der Waals surface area (Å²) in [5, 5.41) is 0. The van der Waals surface area contributed by atoms with Crippen LogP contribution in [0, 0.1) is 0 Å². The summed E-state index contributed by atoms with van der Waals surface area (Å²) >= 11 is 0. The zero-order chi connectivity index (χ0) is 18.9. The van der Waals surface area contributed by atoms with E-state index < -0.39 is 10.0 Å². The van der Waals surface area contributed by atoms with Crippen molar-refractivity contribution in [2.75, 3.05) is 33.4 Å². The average Bonchev–Trinajstić information content (AvgIpc) is 3.11. The lowest BCUT2D eigenvalue weighted by Gasteiger charge is -2.26. The molecule has 1 fully saturated rings. The summed E-state index contributed by atoms with van der Waals surface area (Å²) in [7, 11) is -2.15. The van der Waals surface area contributed by atoms with Gasteiger partial charge in [0, 0.05) is 49.4 Å². The zero-order valence-electron chi connectivity index (χ0n) is 15.0. The van der Waals surface area contributed by atoms with E-state index in [-0.39, 0.29) is 4.90 Å². The first-order valence-electron chi connectivity index (χ1n) is 8.72. The van der Waals surface area contributed by atoms with Gasteiger partial charge in [0.1, 0.15) is 10.5 Å². The second-order valence-corrected chi connectivity index (χ2v) is 8.29. The normalized spacial score (nSPS) is 16.0. The van der Waals surface area contributed by atoms with E-state index in [1.54, 1.807) is 12.3 Å². The van der Waals surface area contributed by atoms with E-state index in [9.17, 15) is 8.42 Å². The number of hydrogen-bond acceptors (Lipinski definition) is 6. The van der Waals surface area contributed by atoms with E-state index in [1.165, 1.54) is 13.2 Å². The number of hydrogen-bond donors (Lipinski definition) is 1. The van der Waals surface area contributed by atoms with Gasteiger partial charge >= 0.3 is 0 Å². The minimum atomic E-state index is -3.54. The Bertz CT molecular complexity index is 1060. The molecule has 0 amide bonds. The smallest absolute Gasteiger partial charge is 0.241 e. The quantitative estimate of drug-likeness (QED) is 0.706. The lowest BCUT2D eigenvalue weighted by molar-refractivity contribution is 0.0335. The highest BCUT2D eigenvalue weighted by molar-refractivity contribution is 7.89. The molecule has 0 unspecified atom stereocenters. The zero-order valence-corrected chi connectivity index (χ0v) is 15.8. The summed E-state index contributed by atoms with van der Waals surface area (Å²) in [5.41, 5.74) is 3.55. The van der Waals surface area contributed by atoms with Gasteiger partial charge in [-0.3, -0.25) is 9.88 Å². The molecule has 0 aliphatic carbocycles. The molecule has 4 rings (SSSR count). The van der Waals surface area contributed by atoms with Gasteiger partial charge in [-0.25, -0.2) is 18.1 Å². The predicted molar refractivity (Wildman–Crippen MR) is 101 cm³/mol. The van der Waals surface area contributed by atoms with Crippen LogP contribution in [0.2, 0.25) is 0 Å². The van der Waals surface area contributed by atoms with Gasteiger partial charge in [-0.2, -0.15) is 0 Å². The molecule has 3 aromatic heterocycles. The number of morpholine rings is 1. The fourth-order valence-corrected chi connectivity index (χ4v) is 3.87. The molecule has 0 bridgehead atoms. The van der Waals surface area contributed by atoms with Crippen LogP contribution in [-0.4, -0.2) is 61.0 Å². The molecule has 0 aromatic carbocycles. The third-order valence-electron chi connectivity index (χ3n) is 4.70. The predicted octanol–water partition coefficient (Wildman–Crippen LogP) is 1.14. The fraction of sp³-hybridized carbons (Fsp3) is 0.333. The molecule has 3 aromatic rings. The van der Waals surface area contributed by atoms with E-state index >= 15 is 0 Å². The molecule has 8 nitrogen and oxygen atoms in total. The van der Waals surface area contributed by atoms with E-state index in [4.69, 9.17) is 4.74 Å². The highest BCUT2D eigenvalue weighted by Gasteiger charge is 2.15. The number of sulfonamides is 1. The van der Waals surface area contributed by atoms with Crippen LogP contribution < -0.4 is 4.72 Å². The topological polar surface area (TPSA) is 88.8 Å². The van der Waals surface area contributed by atoms with Crippen LogP contribution in [-0.2, 0) is 21.3 Å². The number of rotatable bonds is 5. The summed E-state index contributed by atoms with van der Waals surface area (Å²) in [4.78, 5) is 11.0. The van der Waals surface area contributed by atoms with Gasteiger partial charge < -0.3 is 9.14 Å². The van der Waals surface area contributed by atoms with Crippen molar-refractivity contribution in [1.82, 2.24) is 24.0 Å². The van der Waals surface area contributed by atoms with Crippen molar-refractivity contribution >= 4 is 15.7 Å². The Morgan fingerprint density at radius 1 is 1.15 bits per heavy atom. The lowest BCUT2D eigenvalue weighted by atomic mass is 10.1. The molecular weight excluding hydrogens is 366 g/mol. The maximum absolute atomic E-state index is 12.0. The van der Waals surface area contributed by atoms with Gasteiger partial charge in [0.05, 0.1) is 25.1 Å². The molecule has 1 saturated heterocycles. The summed E-state index contributed by atoms with van der Waals surface area (Å²) in [6, 6.07) is 5.48. The van der Waals surface area contributed by atoms with Gasteiger partial charge in [0.2, 0.25) is 10.0 Å². The lowest BCUT2D eigenvalue weighted by Crippen LogP contribution is -2.35. The SMILES string of the molecule is CNS(=O)(=O)c1cncc(-c2ccc3ncc(CN4CCOCC4)n3c2)c1. The Balaban J connectivity index is 1.69. The molecule has 27 heavy (non-hydrogen) atoms. The molecule has 142 valence electrons. The highest BCUT2D eigenvalue weighted by Crippen LogP contribution is 2.23. The van der Waals surface area contributed by atoms with Gasteiger partial charge in [0.15, 0.2) is 0 Å². The van der Waals surface area contributed by atoms with Gasteiger partial charge in [-0.15, -0.1) is 0 Å². The Morgan fingerprint density at radius 2 is 1.96 bits per heavy atom. The molecular formula is C18H21N5O3S. The van der Waals surface area contributed by atoms with E-state index in [0.717, 1.165) is 55.3 Å². The minimum Gasteiger partial charge on any atom is -0.379 e. The standard InChI is InChI=1S/C18H21N5O3S/c1-19-27(24,25)17-8-15(9-20-11-17)14-2-3-18-21-10-16(23(18)12-14)13-22-4-6-26-7-5-22/h2-3,8-12,19H,4-7,13H2,1H3. The number of aromatic nitrogens is 3. The molecule has 1 aliphatic heterocycles. The third-order valence-corrected chi connectivity index (χ3v) is 6.08. The first-order valence-corrected chi connectivity index (χ1v) is 10.2. The average molecular weight is 387 g/mol. The van der Waals surface area contributed by atoms with Crippen molar-refractivity contribution in [1.29, 1.82) is 0 Å². The van der Waals surface area contributed by atoms with E-state index in [1.807, 2.05) is 28.9 Å². The molecule has 0 radical (unpaired) electrons. The summed E-state index contributed by atoms with van der Waals surface area (Å²) in [6.07, 6.45) is 6.86. The van der Waals surface area contributed by atoms with E-state index in [2.05, 4.69) is 19.6 Å². The number of nitrogens with zero attached hydrogens (tertiary/aromatic N) is 4. The van der Waals surface area contributed by atoms with E-state index in [0.29, 0.717) is 0 Å². The van der Waals surface area contributed by atoms with Crippen molar-refractivity contribution < 1.29 is 13.2 Å². The Labute approximate surface area is 157 Å². The van der Waals surface area contributed by atoms with Crippen LogP contribution >= 0.6 is 0 Å². The molecule has 9 heteroatoms. The molecule has 1 aliphatic rings. The Morgan fingerprint density at radius 3 is 2.74 bits per heavy atom. The molecule has 4 heterocycles. The van der Waals surface area contributed by atoms with Crippen LogP contribution in [0.4, 0.5) is 0 Å². The number of imidazole rings is 1. The molecule has 0 saturated carbocycles. The largest absolute Gasteiger partial charge is 0.379 e. The van der Waals surface area contributed by atoms with Crippen molar-refractivity contribution in [2.45, 2.75) is 11.4 Å². The number of fused-ring (bicyclic) bond motifs is 1.